The fourth-order valence-electron chi connectivity index (χ4n) is 3.55. The van der Waals surface area contributed by atoms with Gasteiger partial charge in [-0.05, 0) is 25.1 Å². The van der Waals surface area contributed by atoms with E-state index in [4.69, 9.17) is 4.74 Å². The van der Waals surface area contributed by atoms with Crippen molar-refractivity contribution >= 4 is 18.3 Å². The fourth-order valence-corrected chi connectivity index (χ4v) is 3.55. The molecule has 10 heteroatoms. The standard InChI is InChI=1S/C18H17FN6O2.ClH/c1-11-15-7-25-18(13-6-12(19)2-3-14(13)24(15)10-20-11)21-16(22-25)8-23-4-5-27-9-17(23)26;/h2-3,6,10H,4-5,7-9H2,1H3;1H. The number of carbonyl (C=O) groups is 1. The molecule has 0 spiro atoms. The lowest BCUT2D eigenvalue weighted by atomic mass is 10.1. The fraction of sp³-hybridized carbons (Fsp3) is 0.333. The number of aryl methyl sites for hydroxylation is 1. The number of ether oxygens (including phenoxy) is 1. The maximum absolute atomic E-state index is 14.0. The van der Waals surface area contributed by atoms with Crippen LogP contribution < -0.4 is 0 Å². The second-order valence-electron chi connectivity index (χ2n) is 6.69. The topological polar surface area (TPSA) is 78.1 Å². The third-order valence-electron chi connectivity index (χ3n) is 4.97. The number of imidazole rings is 1. The Labute approximate surface area is 166 Å². The number of rotatable bonds is 2. The average molecular weight is 405 g/mol. The minimum absolute atomic E-state index is 0. The highest BCUT2D eigenvalue weighted by Gasteiger charge is 2.26. The van der Waals surface area contributed by atoms with Crippen molar-refractivity contribution in [1.82, 2.24) is 29.2 Å². The van der Waals surface area contributed by atoms with Gasteiger partial charge in [-0.2, -0.15) is 5.10 Å². The van der Waals surface area contributed by atoms with Gasteiger partial charge in [0.15, 0.2) is 11.6 Å². The first-order valence-corrected chi connectivity index (χ1v) is 8.72. The lowest BCUT2D eigenvalue weighted by molar-refractivity contribution is -0.143. The van der Waals surface area contributed by atoms with Gasteiger partial charge in [0.25, 0.3) is 0 Å². The van der Waals surface area contributed by atoms with Gasteiger partial charge in [-0.15, -0.1) is 12.4 Å². The Bertz CT molecular complexity index is 1060. The molecule has 0 atom stereocenters. The zero-order chi connectivity index (χ0) is 18.5. The zero-order valence-electron chi connectivity index (χ0n) is 15.1. The summed E-state index contributed by atoms with van der Waals surface area (Å²) in [6, 6.07) is 4.62. The first kappa shape index (κ1) is 18.6. The van der Waals surface area contributed by atoms with Gasteiger partial charge in [-0.1, -0.05) is 0 Å². The molecule has 0 aliphatic carbocycles. The molecule has 1 fully saturated rings. The Morgan fingerprint density at radius 3 is 3.00 bits per heavy atom. The number of fused-ring (bicyclic) bond motifs is 5. The van der Waals surface area contributed by atoms with E-state index in [1.165, 1.54) is 12.1 Å². The van der Waals surface area contributed by atoms with E-state index in [0.29, 0.717) is 43.5 Å². The second kappa shape index (κ2) is 6.99. The Kier molecular flexibility index (Phi) is 4.64. The number of halogens is 2. The largest absolute Gasteiger partial charge is 0.370 e. The van der Waals surface area contributed by atoms with Crippen LogP contribution in [0.2, 0.25) is 0 Å². The molecule has 1 aromatic carbocycles. The van der Waals surface area contributed by atoms with Gasteiger partial charge in [-0.25, -0.2) is 19.0 Å². The first-order valence-electron chi connectivity index (χ1n) is 8.72. The maximum Gasteiger partial charge on any atom is 0.249 e. The number of amides is 1. The van der Waals surface area contributed by atoms with Crippen LogP contribution in [0.5, 0.6) is 0 Å². The van der Waals surface area contributed by atoms with Crippen LogP contribution >= 0.6 is 12.4 Å². The van der Waals surface area contributed by atoms with E-state index >= 15 is 0 Å². The number of benzene rings is 1. The predicted octanol–water partition coefficient (Wildman–Crippen LogP) is 1.72. The Balaban J connectivity index is 0.00000192. The van der Waals surface area contributed by atoms with Gasteiger partial charge >= 0.3 is 0 Å². The van der Waals surface area contributed by atoms with Crippen LogP contribution in [0.4, 0.5) is 4.39 Å². The van der Waals surface area contributed by atoms with Gasteiger partial charge in [0.2, 0.25) is 5.91 Å². The highest BCUT2D eigenvalue weighted by Crippen LogP contribution is 2.32. The molecule has 0 radical (unpaired) electrons. The van der Waals surface area contributed by atoms with E-state index in [1.807, 2.05) is 11.5 Å². The van der Waals surface area contributed by atoms with Crippen molar-refractivity contribution in [3.05, 3.63) is 47.6 Å². The van der Waals surface area contributed by atoms with Crippen molar-refractivity contribution in [3.8, 4) is 17.1 Å². The van der Waals surface area contributed by atoms with Crippen molar-refractivity contribution in [3.63, 3.8) is 0 Å². The van der Waals surface area contributed by atoms with Gasteiger partial charge in [0.1, 0.15) is 12.4 Å². The van der Waals surface area contributed by atoms with E-state index in [9.17, 15) is 9.18 Å². The molecule has 2 aliphatic rings. The van der Waals surface area contributed by atoms with Crippen LogP contribution in [0.1, 0.15) is 17.2 Å². The molecule has 5 rings (SSSR count). The molecule has 0 unspecified atom stereocenters. The summed E-state index contributed by atoms with van der Waals surface area (Å²) in [4.78, 5) is 22.7. The van der Waals surface area contributed by atoms with Crippen LogP contribution in [0.3, 0.4) is 0 Å². The third-order valence-corrected chi connectivity index (χ3v) is 4.97. The highest BCUT2D eigenvalue weighted by atomic mass is 35.5. The molecule has 0 N–H and O–H groups in total. The summed E-state index contributed by atoms with van der Waals surface area (Å²) in [7, 11) is 0. The van der Waals surface area contributed by atoms with Gasteiger partial charge in [0.05, 0.1) is 43.1 Å². The summed E-state index contributed by atoms with van der Waals surface area (Å²) in [5.74, 6) is 0.699. The van der Waals surface area contributed by atoms with Gasteiger partial charge in [0, 0.05) is 12.1 Å². The summed E-state index contributed by atoms with van der Waals surface area (Å²) in [5.41, 5.74) is 3.32. The van der Waals surface area contributed by atoms with E-state index in [-0.39, 0.29) is 30.7 Å². The molecule has 0 bridgehead atoms. The Morgan fingerprint density at radius 1 is 1.32 bits per heavy atom. The van der Waals surface area contributed by atoms with Crippen LogP contribution in [-0.2, 0) is 22.6 Å². The lowest BCUT2D eigenvalue weighted by Crippen LogP contribution is -2.41. The number of hydrogen-bond donors (Lipinski definition) is 0. The highest BCUT2D eigenvalue weighted by molar-refractivity contribution is 5.85. The smallest absolute Gasteiger partial charge is 0.249 e. The summed E-state index contributed by atoms with van der Waals surface area (Å²) in [5, 5.41) is 4.59. The number of morpholine rings is 1. The molecule has 1 saturated heterocycles. The van der Waals surface area contributed by atoms with E-state index in [1.54, 1.807) is 22.0 Å². The summed E-state index contributed by atoms with van der Waals surface area (Å²) < 4.78 is 22.9. The predicted molar refractivity (Wildman–Crippen MR) is 99.9 cm³/mol. The molecule has 1 amide bonds. The molecule has 3 aromatic rings. The second-order valence-corrected chi connectivity index (χ2v) is 6.69. The molecule has 8 nitrogen and oxygen atoms in total. The van der Waals surface area contributed by atoms with E-state index in [0.717, 1.165) is 17.1 Å². The third kappa shape index (κ3) is 2.96. The van der Waals surface area contributed by atoms with E-state index in [2.05, 4.69) is 15.1 Å². The molecule has 0 saturated carbocycles. The number of hydrogen-bond acceptors (Lipinski definition) is 5. The molecular weight excluding hydrogens is 387 g/mol. The van der Waals surface area contributed by atoms with Crippen LogP contribution in [0, 0.1) is 12.7 Å². The molecule has 2 aromatic heterocycles. The van der Waals surface area contributed by atoms with Crippen molar-refractivity contribution in [2.45, 2.75) is 20.0 Å². The number of aromatic nitrogens is 5. The van der Waals surface area contributed by atoms with Crippen LogP contribution in [0.15, 0.2) is 24.5 Å². The minimum atomic E-state index is -0.339. The Morgan fingerprint density at radius 2 is 2.18 bits per heavy atom. The minimum Gasteiger partial charge on any atom is -0.370 e. The summed E-state index contributed by atoms with van der Waals surface area (Å²) in [6.07, 6.45) is 1.74. The van der Waals surface area contributed by atoms with Crippen LogP contribution in [0.25, 0.3) is 17.1 Å². The van der Waals surface area contributed by atoms with Crippen molar-refractivity contribution in [2.24, 2.45) is 0 Å². The monoisotopic (exact) mass is 404 g/mol. The molecule has 146 valence electrons. The number of nitrogens with zero attached hydrogens (tertiary/aromatic N) is 6. The number of carbonyl (C=O) groups excluding carboxylic acids is 1. The normalized spacial score (nSPS) is 15.4. The quantitative estimate of drug-likeness (QED) is 0.508. The van der Waals surface area contributed by atoms with Gasteiger partial charge in [-0.3, -0.25) is 4.79 Å². The SMILES string of the molecule is Cc1ncn2c1Cn1nc(CN3CCOCC3=O)nc1-c1cc(F)ccc1-2.Cl. The summed E-state index contributed by atoms with van der Waals surface area (Å²) >= 11 is 0. The van der Waals surface area contributed by atoms with Crippen molar-refractivity contribution in [1.29, 1.82) is 0 Å². The molecule has 2 aliphatic heterocycles. The van der Waals surface area contributed by atoms with E-state index < -0.39 is 0 Å². The zero-order valence-corrected chi connectivity index (χ0v) is 15.9. The van der Waals surface area contributed by atoms with Crippen molar-refractivity contribution < 1.29 is 13.9 Å². The van der Waals surface area contributed by atoms with Gasteiger partial charge < -0.3 is 14.2 Å². The molecular formula is C18H18ClFN6O2. The Hall–Kier alpha value is -2.78. The lowest BCUT2D eigenvalue weighted by Gasteiger charge is -2.25. The van der Waals surface area contributed by atoms with Crippen molar-refractivity contribution in [2.75, 3.05) is 19.8 Å². The summed E-state index contributed by atoms with van der Waals surface area (Å²) in [6.45, 7) is 3.82. The van der Waals surface area contributed by atoms with Crippen LogP contribution in [-0.4, -0.2) is 54.9 Å². The average Bonchev–Trinajstić information content (AvgIpc) is 3.18. The molecule has 4 heterocycles. The maximum atomic E-state index is 14.0. The first-order chi connectivity index (χ1) is 13.1. The molecule has 28 heavy (non-hydrogen) atoms.